The lowest BCUT2D eigenvalue weighted by Gasteiger charge is -2.40. The molecule has 0 spiro atoms. The van der Waals surface area contributed by atoms with Crippen molar-refractivity contribution in [2.45, 2.75) is 65.3 Å². The third kappa shape index (κ3) is 5.56. The number of piperidine rings is 1. The number of imidazole rings is 1. The number of aryl methyl sites for hydroxylation is 1. The van der Waals surface area contributed by atoms with Gasteiger partial charge in [-0.2, -0.15) is 5.26 Å². The van der Waals surface area contributed by atoms with E-state index in [-0.39, 0.29) is 11.1 Å². The highest BCUT2D eigenvalue weighted by Crippen LogP contribution is 2.34. The van der Waals surface area contributed by atoms with Crippen molar-refractivity contribution >= 4 is 24.4 Å². The topological polar surface area (TPSA) is 66.8 Å². The molecule has 0 saturated carbocycles. The first-order valence-corrected chi connectivity index (χ1v) is 17.4. The lowest BCUT2D eigenvalue weighted by molar-refractivity contribution is 0.219. The van der Waals surface area contributed by atoms with Crippen LogP contribution < -0.4 is 10.9 Å². The van der Waals surface area contributed by atoms with Crippen LogP contribution in [0.4, 0.5) is 0 Å². The monoisotopic (exact) mass is 551 g/mol. The largest absolute Gasteiger partial charge is 0.330 e. The second-order valence-corrected chi connectivity index (χ2v) is 18.0. The number of likely N-dealkylation sites (tertiary alicyclic amines) is 1. The number of hydrogen-bond acceptors (Lipinski definition) is 4. The zero-order valence-corrected chi connectivity index (χ0v) is 25.7. The van der Waals surface area contributed by atoms with Crippen molar-refractivity contribution in [2.75, 3.05) is 13.1 Å². The summed E-state index contributed by atoms with van der Waals surface area (Å²) in [6.07, 6.45) is 2.46. The Hall–Kier alpha value is -3.47. The number of fused-ring (bicyclic) bond motifs is 1. The molecule has 0 bridgehead atoms. The van der Waals surface area contributed by atoms with E-state index in [4.69, 9.17) is 4.98 Å². The summed E-state index contributed by atoms with van der Waals surface area (Å²) in [6.45, 7) is 15.1. The van der Waals surface area contributed by atoms with Crippen molar-refractivity contribution in [1.29, 1.82) is 5.26 Å². The zero-order valence-electron chi connectivity index (χ0n) is 24.7. The van der Waals surface area contributed by atoms with Crippen molar-refractivity contribution in [3.8, 4) is 17.3 Å². The Morgan fingerprint density at radius 1 is 1.02 bits per heavy atom. The van der Waals surface area contributed by atoms with E-state index in [0.29, 0.717) is 17.8 Å². The van der Waals surface area contributed by atoms with Crippen molar-refractivity contribution in [3.05, 3.63) is 82.3 Å². The van der Waals surface area contributed by atoms with Crippen LogP contribution in [-0.4, -0.2) is 40.2 Å². The fourth-order valence-corrected chi connectivity index (χ4v) is 9.45. The van der Waals surface area contributed by atoms with Crippen LogP contribution in [0.25, 0.3) is 22.4 Å². The average Bonchev–Trinajstić information content (AvgIpc) is 3.17. The normalized spacial score (nSPS) is 15.4. The fraction of sp³-hybridized carbons (Fsp3) is 0.424. The molecule has 0 amide bonds. The minimum atomic E-state index is -1.51. The highest BCUT2D eigenvalue weighted by atomic mass is 28.3. The van der Waals surface area contributed by atoms with E-state index in [0.717, 1.165) is 41.9 Å². The van der Waals surface area contributed by atoms with Crippen molar-refractivity contribution in [3.63, 3.8) is 0 Å². The smallest absolute Gasteiger partial charge is 0.299 e. The summed E-state index contributed by atoms with van der Waals surface area (Å²) in [5.74, 6) is 0. The van der Waals surface area contributed by atoms with Gasteiger partial charge in [0.05, 0.1) is 30.9 Å². The second-order valence-electron chi connectivity index (χ2n) is 13.2. The summed E-state index contributed by atoms with van der Waals surface area (Å²) in [6, 6.07) is 23.5. The number of benzene rings is 2. The summed E-state index contributed by atoms with van der Waals surface area (Å²) in [7, 11) is 0.266. The molecule has 7 heteroatoms. The van der Waals surface area contributed by atoms with Gasteiger partial charge in [-0.15, -0.1) is 0 Å². The van der Waals surface area contributed by atoms with Crippen molar-refractivity contribution in [1.82, 2.24) is 19.0 Å². The van der Waals surface area contributed by atoms with Crippen LogP contribution >= 0.6 is 0 Å². The quantitative estimate of drug-likeness (QED) is 0.280. The molecule has 1 aliphatic heterocycles. The van der Waals surface area contributed by atoms with Crippen molar-refractivity contribution < 1.29 is 0 Å². The third-order valence-electron chi connectivity index (χ3n) is 8.63. The van der Waals surface area contributed by atoms with Crippen molar-refractivity contribution in [2.24, 2.45) is 12.5 Å². The van der Waals surface area contributed by atoms with Gasteiger partial charge in [-0.3, -0.25) is 14.0 Å². The Labute approximate surface area is 238 Å². The van der Waals surface area contributed by atoms with Crippen LogP contribution in [0.3, 0.4) is 0 Å². The second kappa shape index (κ2) is 10.8. The van der Waals surface area contributed by atoms with E-state index in [9.17, 15) is 10.1 Å². The Morgan fingerprint density at radius 2 is 1.73 bits per heavy atom. The first kappa shape index (κ1) is 28.1. The van der Waals surface area contributed by atoms with E-state index in [1.807, 2.05) is 18.2 Å². The highest BCUT2D eigenvalue weighted by Gasteiger charge is 2.35. The Bertz CT molecular complexity index is 1610. The van der Waals surface area contributed by atoms with Gasteiger partial charge in [0.1, 0.15) is 0 Å². The lowest BCUT2D eigenvalue weighted by Crippen LogP contribution is -2.49. The number of nitrogens with zero attached hydrogens (tertiary/aromatic N) is 5. The maximum absolute atomic E-state index is 13.0. The van der Waals surface area contributed by atoms with E-state index in [1.165, 1.54) is 18.4 Å². The number of rotatable bonds is 6. The fourth-order valence-electron chi connectivity index (χ4n) is 6.22. The predicted octanol–water partition coefficient (Wildman–Crippen LogP) is 5.90. The molecule has 208 valence electrons. The standard InChI is InChI=1S/C33H41N5OSi/c1-33(2,3)23-38-30-15-14-29(35-31(30)36(4)32(38)39)28-20-24(12-13-25(28)21-34)22-37-18-16-27(17-19-37)40(5,6)26-10-8-7-9-11-26/h7-15,20,27H,16-19,22-23H2,1-6H3. The summed E-state index contributed by atoms with van der Waals surface area (Å²) >= 11 is 0. The molecule has 3 heterocycles. The molecule has 0 N–H and O–H groups in total. The number of hydrogen-bond donors (Lipinski definition) is 0. The van der Waals surface area contributed by atoms with Gasteiger partial charge in [0.2, 0.25) is 0 Å². The van der Waals surface area contributed by atoms with Gasteiger partial charge < -0.3 is 0 Å². The van der Waals surface area contributed by atoms with Crippen LogP contribution in [0.1, 0.15) is 44.7 Å². The predicted molar refractivity (Wildman–Crippen MR) is 166 cm³/mol. The molecule has 4 aromatic rings. The lowest BCUT2D eigenvalue weighted by atomic mass is 9.97. The summed E-state index contributed by atoms with van der Waals surface area (Å²) in [5, 5.41) is 11.4. The molecule has 1 aliphatic rings. The Balaban J connectivity index is 1.36. The first-order valence-electron chi connectivity index (χ1n) is 14.4. The molecule has 40 heavy (non-hydrogen) atoms. The molecule has 1 fully saturated rings. The van der Waals surface area contributed by atoms with E-state index in [1.54, 1.807) is 21.4 Å². The maximum Gasteiger partial charge on any atom is 0.330 e. The van der Waals surface area contributed by atoms with Gasteiger partial charge >= 0.3 is 5.69 Å². The van der Waals surface area contributed by atoms with Crippen LogP contribution in [0.15, 0.2) is 65.5 Å². The molecule has 6 nitrogen and oxygen atoms in total. The molecule has 1 saturated heterocycles. The van der Waals surface area contributed by atoms with Gasteiger partial charge in [-0.1, -0.05) is 75.5 Å². The Kier molecular flexibility index (Phi) is 7.60. The van der Waals surface area contributed by atoms with Crippen LogP contribution in [0, 0.1) is 16.7 Å². The molecule has 5 rings (SSSR count). The summed E-state index contributed by atoms with van der Waals surface area (Å²) < 4.78 is 3.42. The van der Waals surface area contributed by atoms with E-state index >= 15 is 0 Å². The van der Waals surface area contributed by atoms with Gasteiger partial charge in [0.25, 0.3) is 0 Å². The average molecular weight is 552 g/mol. The Morgan fingerprint density at radius 3 is 2.38 bits per heavy atom. The van der Waals surface area contributed by atoms with E-state index < -0.39 is 8.07 Å². The molecular formula is C33H41N5OSi. The van der Waals surface area contributed by atoms with Gasteiger partial charge in [-0.05, 0) is 66.7 Å². The molecule has 2 aromatic heterocycles. The minimum Gasteiger partial charge on any atom is -0.299 e. The molecule has 0 aliphatic carbocycles. The molecule has 0 unspecified atom stereocenters. The van der Waals surface area contributed by atoms with E-state index in [2.05, 4.69) is 87.3 Å². The molecule has 0 radical (unpaired) electrons. The summed E-state index contributed by atoms with van der Waals surface area (Å²) in [4.78, 5) is 20.5. The first-order chi connectivity index (χ1) is 19.0. The number of aromatic nitrogens is 3. The zero-order chi connectivity index (χ0) is 28.7. The summed E-state index contributed by atoms with van der Waals surface area (Å²) in [5.41, 5.74) is 5.50. The van der Waals surface area contributed by atoms with Crippen LogP contribution in [-0.2, 0) is 20.1 Å². The maximum atomic E-state index is 13.0. The minimum absolute atomic E-state index is 0.0347. The number of pyridine rings is 1. The molecule has 0 atom stereocenters. The van der Waals surface area contributed by atoms with Gasteiger partial charge in [0, 0.05) is 25.7 Å². The number of nitriles is 1. The van der Waals surface area contributed by atoms with Gasteiger partial charge in [0.15, 0.2) is 5.65 Å². The van der Waals surface area contributed by atoms with Crippen LogP contribution in [0.2, 0.25) is 18.6 Å². The van der Waals surface area contributed by atoms with Crippen LogP contribution in [0.5, 0.6) is 0 Å². The SMILES string of the molecule is Cn1c(=O)n(CC(C)(C)C)c2ccc(-c3cc(CN4CCC([Si](C)(C)c5ccccc5)CC4)ccc3C#N)nc21. The van der Waals surface area contributed by atoms with Gasteiger partial charge in [-0.25, -0.2) is 9.78 Å². The highest BCUT2D eigenvalue weighted by molar-refractivity contribution is 6.91. The molecule has 2 aromatic carbocycles. The molecular weight excluding hydrogens is 510 g/mol. The third-order valence-corrected chi connectivity index (χ3v) is 13.1.